The zero-order valence-corrected chi connectivity index (χ0v) is 6.12. The Morgan fingerprint density at radius 1 is 1.50 bits per heavy atom. The van der Waals surface area contributed by atoms with Crippen molar-refractivity contribution >= 4 is 5.84 Å². The number of nitrogens with zero attached hydrogens (tertiary/aromatic N) is 2. The number of hydrogen-bond acceptors (Lipinski definition) is 1. The van der Waals surface area contributed by atoms with Gasteiger partial charge in [-0.05, 0) is 18.6 Å². The lowest BCUT2D eigenvalue weighted by Crippen LogP contribution is -2.09. The molecule has 10 heavy (non-hydrogen) atoms. The molecule has 53 valence electrons. The van der Waals surface area contributed by atoms with Gasteiger partial charge >= 0.3 is 0 Å². The minimum atomic E-state index is 0.837. The maximum Gasteiger partial charge on any atom is 0.147 e. The lowest BCUT2D eigenvalue weighted by atomic mass is 10.4. The molecule has 2 heteroatoms. The van der Waals surface area contributed by atoms with Crippen LogP contribution in [0.4, 0.5) is 0 Å². The molecule has 0 atom stereocenters. The molecule has 0 aromatic rings. The summed E-state index contributed by atoms with van der Waals surface area (Å²) in [6.45, 7) is 2.98. The summed E-state index contributed by atoms with van der Waals surface area (Å²) in [6.07, 6.45) is 8.59. The monoisotopic (exact) mass is 135 g/mol. The largest absolute Gasteiger partial charge is 0.267 e. The first kappa shape index (κ1) is 7.06. The van der Waals surface area contributed by atoms with Gasteiger partial charge in [-0.15, -0.1) is 0 Å². The number of allylic oxidation sites excluding steroid dienone is 2. The fourth-order valence-corrected chi connectivity index (χ4v) is 0.674. The minimum Gasteiger partial charge on any atom is -0.267 e. The molecule has 1 rings (SSSR count). The average molecular weight is 135 g/mol. The van der Waals surface area contributed by atoms with Crippen LogP contribution >= 0.6 is 0 Å². The Labute approximate surface area is 61.4 Å². The van der Waals surface area contributed by atoms with E-state index in [1.54, 1.807) is 6.20 Å². The van der Waals surface area contributed by atoms with Crippen LogP contribution in [0.1, 0.15) is 13.3 Å². The zero-order chi connectivity index (χ0) is 7.23. The first-order chi connectivity index (χ1) is 4.93. The van der Waals surface area contributed by atoms with E-state index in [1.165, 1.54) is 0 Å². The van der Waals surface area contributed by atoms with Gasteiger partial charge in [0.05, 0.1) is 0 Å². The Morgan fingerprint density at radius 2 is 2.40 bits per heavy atom. The van der Waals surface area contributed by atoms with Crippen LogP contribution in [0.2, 0.25) is 0 Å². The van der Waals surface area contributed by atoms with Crippen LogP contribution in [-0.4, -0.2) is 12.4 Å². The molecule has 0 bridgehead atoms. The van der Waals surface area contributed by atoms with Gasteiger partial charge in [0.1, 0.15) is 5.84 Å². The van der Waals surface area contributed by atoms with Crippen LogP contribution in [0.15, 0.2) is 29.4 Å². The topological polar surface area (TPSA) is 26.5 Å². The Kier molecular flexibility index (Phi) is 2.74. The van der Waals surface area contributed by atoms with Crippen molar-refractivity contribution in [1.82, 2.24) is 5.32 Å². The SMILES string of the molecule is CCC/N=C1\C=CC=C[N]1. The molecule has 2 nitrogen and oxygen atoms in total. The van der Waals surface area contributed by atoms with Crippen molar-refractivity contribution in [2.75, 3.05) is 6.54 Å². The van der Waals surface area contributed by atoms with Crippen molar-refractivity contribution < 1.29 is 0 Å². The molecule has 1 radical (unpaired) electrons. The van der Waals surface area contributed by atoms with Crippen LogP contribution in [-0.2, 0) is 0 Å². The van der Waals surface area contributed by atoms with E-state index < -0.39 is 0 Å². The quantitative estimate of drug-likeness (QED) is 0.548. The van der Waals surface area contributed by atoms with E-state index in [2.05, 4.69) is 17.2 Å². The predicted molar refractivity (Wildman–Crippen MR) is 43.0 cm³/mol. The van der Waals surface area contributed by atoms with Crippen LogP contribution in [0.5, 0.6) is 0 Å². The molecule has 0 N–H and O–H groups in total. The van der Waals surface area contributed by atoms with Gasteiger partial charge in [0, 0.05) is 12.7 Å². The lowest BCUT2D eigenvalue weighted by Gasteiger charge is -1.99. The lowest BCUT2D eigenvalue weighted by molar-refractivity contribution is 0.924. The van der Waals surface area contributed by atoms with Crippen molar-refractivity contribution in [2.24, 2.45) is 4.99 Å². The first-order valence-corrected chi connectivity index (χ1v) is 3.52. The average Bonchev–Trinajstić information content (AvgIpc) is 2.03. The molecule has 0 saturated heterocycles. The third-order valence-corrected chi connectivity index (χ3v) is 1.15. The Bertz CT molecular complexity index is 178. The Hall–Kier alpha value is -1.05. The second-order valence-electron chi connectivity index (χ2n) is 2.07. The zero-order valence-electron chi connectivity index (χ0n) is 6.12. The molecule has 0 aromatic carbocycles. The molecule has 0 saturated carbocycles. The van der Waals surface area contributed by atoms with Crippen molar-refractivity contribution in [2.45, 2.75) is 13.3 Å². The molecule has 0 unspecified atom stereocenters. The minimum absolute atomic E-state index is 0.837. The highest BCUT2D eigenvalue weighted by Gasteiger charge is 1.92. The van der Waals surface area contributed by atoms with E-state index in [4.69, 9.17) is 0 Å². The van der Waals surface area contributed by atoms with Gasteiger partial charge in [-0.2, -0.15) is 0 Å². The fourth-order valence-electron chi connectivity index (χ4n) is 0.674. The van der Waals surface area contributed by atoms with Crippen LogP contribution in [0, 0.1) is 0 Å². The maximum absolute atomic E-state index is 4.21. The molecule has 0 spiro atoms. The van der Waals surface area contributed by atoms with Gasteiger partial charge in [0.2, 0.25) is 0 Å². The van der Waals surface area contributed by atoms with E-state index in [-0.39, 0.29) is 0 Å². The highest BCUT2D eigenvalue weighted by Crippen LogP contribution is 1.90. The van der Waals surface area contributed by atoms with E-state index in [9.17, 15) is 0 Å². The van der Waals surface area contributed by atoms with Gasteiger partial charge in [-0.1, -0.05) is 13.0 Å². The molecule has 0 aliphatic carbocycles. The van der Waals surface area contributed by atoms with E-state index >= 15 is 0 Å². The molecule has 1 heterocycles. The summed E-state index contributed by atoms with van der Waals surface area (Å²) in [5, 5.41) is 4.05. The van der Waals surface area contributed by atoms with Gasteiger partial charge in [-0.25, -0.2) is 5.32 Å². The van der Waals surface area contributed by atoms with Gasteiger partial charge < -0.3 is 0 Å². The highest BCUT2D eigenvalue weighted by molar-refractivity contribution is 5.94. The van der Waals surface area contributed by atoms with Gasteiger partial charge in [-0.3, -0.25) is 4.99 Å². The van der Waals surface area contributed by atoms with Crippen LogP contribution in [0.25, 0.3) is 0 Å². The summed E-state index contributed by atoms with van der Waals surface area (Å²) in [5.41, 5.74) is 0. The van der Waals surface area contributed by atoms with Crippen molar-refractivity contribution in [3.05, 3.63) is 24.4 Å². The van der Waals surface area contributed by atoms with E-state index in [0.717, 1.165) is 18.8 Å². The fraction of sp³-hybridized carbons (Fsp3) is 0.375. The summed E-state index contributed by atoms with van der Waals surface area (Å²) in [4.78, 5) is 4.21. The van der Waals surface area contributed by atoms with Crippen LogP contribution in [0.3, 0.4) is 0 Å². The second-order valence-corrected chi connectivity index (χ2v) is 2.07. The first-order valence-electron chi connectivity index (χ1n) is 3.52. The third kappa shape index (κ3) is 2.05. The highest BCUT2D eigenvalue weighted by atomic mass is 15.0. The molecular weight excluding hydrogens is 124 g/mol. The molecule has 1 aliphatic heterocycles. The summed E-state index contributed by atoms with van der Waals surface area (Å²) >= 11 is 0. The third-order valence-electron chi connectivity index (χ3n) is 1.15. The van der Waals surface area contributed by atoms with Crippen molar-refractivity contribution in [3.8, 4) is 0 Å². The number of hydrogen-bond donors (Lipinski definition) is 0. The predicted octanol–water partition coefficient (Wildman–Crippen LogP) is 1.48. The molecule has 0 aromatic heterocycles. The van der Waals surface area contributed by atoms with Gasteiger partial charge in [0.25, 0.3) is 0 Å². The number of rotatable bonds is 2. The van der Waals surface area contributed by atoms with Crippen molar-refractivity contribution in [3.63, 3.8) is 0 Å². The molecule has 0 fully saturated rings. The summed E-state index contributed by atoms with van der Waals surface area (Å²) in [6, 6.07) is 0. The Balaban J connectivity index is 2.42. The summed E-state index contributed by atoms with van der Waals surface area (Å²) < 4.78 is 0. The standard InChI is InChI=1S/C8H11N2/c1-2-6-9-8-5-3-4-7-10-8/h3-5,7H,2,6H2,1H3/b9-8+. The van der Waals surface area contributed by atoms with Gasteiger partial charge in [0.15, 0.2) is 0 Å². The summed E-state index contributed by atoms with van der Waals surface area (Å²) in [5.74, 6) is 0.837. The molecule has 1 aliphatic rings. The summed E-state index contributed by atoms with van der Waals surface area (Å²) in [7, 11) is 0. The number of amidine groups is 1. The Morgan fingerprint density at radius 3 is 3.00 bits per heavy atom. The number of aliphatic imine (C=N–C) groups is 1. The van der Waals surface area contributed by atoms with E-state index in [1.807, 2.05) is 18.2 Å². The van der Waals surface area contributed by atoms with E-state index in [0.29, 0.717) is 0 Å². The normalized spacial score (nSPS) is 19.5. The van der Waals surface area contributed by atoms with Crippen LogP contribution < -0.4 is 5.32 Å². The van der Waals surface area contributed by atoms with Crippen molar-refractivity contribution in [1.29, 1.82) is 0 Å². The molecular formula is C8H11N2. The molecule has 0 amide bonds. The maximum atomic E-state index is 4.21. The second kappa shape index (κ2) is 3.88. The smallest absolute Gasteiger partial charge is 0.147 e.